The van der Waals surface area contributed by atoms with Crippen molar-refractivity contribution in [1.82, 2.24) is 10.3 Å². The molecule has 2 rings (SSSR count). The minimum absolute atomic E-state index is 0.451. The second-order valence-corrected chi connectivity index (χ2v) is 2.50. The third-order valence-corrected chi connectivity index (χ3v) is 1.87. The molecule has 0 atom stereocenters. The SMILES string of the molecule is O=[C]c1nccc2c1CNC2. The van der Waals surface area contributed by atoms with Crippen LogP contribution in [0.25, 0.3) is 0 Å². The highest BCUT2D eigenvalue weighted by Gasteiger charge is 2.13. The molecule has 0 amide bonds. The summed E-state index contributed by atoms with van der Waals surface area (Å²) in [6, 6.07) is 1.93. The number of hydrogen-bond donors (Lipinski definition) is 1. The first-order valence-electron chi connectivity index (χ1n) is 3.47. The lowest BCUT2D eigenvalue weighted by Gasteiger charge is -1.96. The predicted molar refractivity (Wildman–Crippen MR) is 39.6 cm³/mol. The van der Waals surface area contributed by atoms with Crippen LogP contribution in [0.15, 0.2) is 12.3 Å². The lowest BCUT2D eigenvalue weighted by atomic mass is 10.1. The molecule has 1 radical (unpaired) electrons. The molecule has 1 aromatic rings. The van der Waals surface area contributed by atoms with Crippen LogP contribution in [0, 0.1) is 0 Å². The number of aromatic nitrogens is 1. The van der Waals surface area contributed by atoms with Crippen molar-refractivity contribution >= 4 is 6.29 Å². The zero-order valence-corrected chi connectivity index (χ0v) is 5.92. The molecule has 11 heavy (non-hydrogen) atoms. The van der Waals surface area contributed by atoms with Crippen molar-refractivity contribution in [3.8, 4) is 0 Å². The van der Waals surface area contributed by atoms with Gasteiger partial charge in [-0.3, -0.25) is 9.78 Å². The molecule has 0 aromatic carbocycles. The summed E-state index contributed by atoms with van der Waals surface area (Å²) < 4.78 is 0. The Bertz CT molecular complexity index is 296. The van der Waals surface area contributed by atoms with Crippen LogP contribution < -0.4 is 5.32 Å². The predicted octanol–water partition coefficient (Wildman–Crippen LogP) is 0.143. The summed E-state index contributed by atoms with van der Waals surface area (Å²) in [7, 11) is 0. The first kappa shape index (κ1) is 6.49. The van der Waals surface area contributed by atoms with E-state index in [-0.39, 0.29) is 0 Å². The van der Waals surface area contributed by atoms with E-state index in [1.807, 2.05) is 12.4 Å². The summed E-state index contributed by atoms with van der Waals surface area (Å²) in [6.45, 7) is 1.58. The largest absolute Gasteiger partial charge is 0.309 e. The molecule has 1 aromatic heterocycles. The molecule has 0 spiro atoms. The Hall–Kier alpha value is -1.22. The maximum atomic E-state index is 10.4. The smallest absolute Gasteiger partial charge is 0.253 e. The van der Waals surface area contributed by atoms with Gasteiger partial charge >= 0.3 is 0 Å². The van der Waals surface area contributed by atoms with Gasteiger partial charge in [0.05, 0.1) is 0 Å². The molecule has 3 nitrogen and oxygen atoms in total. The van der Waals surface area contributed by atoms with E-state index < -0.39 is 0 Å². The van der Waals surface area contributed by atoms with Crippen molar-refractivity contribution in [3.05, 3.63) is 29.1 Å². The lowest BCUT2D eigenvalue weighted by molar-refractivity contribution is 0.561. The van der Waals surface area contributed by atoms with Crippen molar-refractivity contribution in [1.29, 1.82) is 0 Å². The average Bonchev–Trinajstić information content (AvgIpc) is 2.50. The molecule has 0 unspecified atom stereocenters. The number of nitrogens with one attached hydrogen (secondary N) is 1. The third kappa shape index (κ3) is 0.935. The fourth-order valence-corrected chi connectivity index (χ4v) is 1.31. The minimum atomic E-state index is 0.451. The van der Waals surface area contributed by atoms with Crippen LogP contribution in [0.4, 0.5) is 0 Å². The summed E-state index contributed by atoms with van der Waals surface area (Å²) in [5.74, 6) is 0. The number of carbonyl (C=O) groups excluding carboxylic acids is 1. The van der Waals surface area contributed by atoms with Gasteiger partial charge in [0.1, 0.15) is 5.69 Å². The summed E-state index contributed by atoms with van der Waals surface area (Å²) >= 11 is 0. The van der Waals surface area contributed by atoms with Gasteiger partial charge in [0.25, 0.3) is 6.29 Å². The molecule has 1 aliphatic rings. The number of pyridine rings is 1. The van der Waals surface area contributed by atoms with Crippen LogP contribution in [-0.4, -0.2) is 11.3 Å². The van der Waals surface area contributed by atoms with E-state index in [0.29, 0.717) is 5.69 Å². The number of hydrogen-bond acceptors (Lipinski definition) is 3. The zero-order chi connectivity index (χ0) is 7.68. The highest BCUT2D eigenvalue weighted by Crippen LogP contribution is 2.15. The summed E-state index contributed by atoms with van der Waals surface area (Å²) in [6.07, 6.45) is 3.47. The van der Waals surface area contributed by atoms with E-state index >= 15 is 0 Å². The summed E-state index contributed by atoms with van der Waals surface area (Å²) in [5, 5.41) is 3.14. The van der Waals surface area contributed by atoms with E-state index in [4.69, 9.17) is 0 Å². The van der Waals surface area contributed by atoms with Crippen molar-refractivity contribution in [3.63, 3.8) is 0 Å². The van der Waals surface area contributed by atoms with Crippen molar-refractivity contribution in [2.24, 2.45) is 0 Å². The molecule has 55 valence electrons. The topological polar surface area (TPSA) is 42.0 Å². The van der Waals surface area contributed by atoms with Gasteiger partial charge in [0.2, 0.25) is 0 Å². The maximum absolute atomic E-state index is 10.4. The fraction of sp³-hybridized carbons (Fsp3) is 0.250. The second kappa shape index (κ2) is 2.43. The number of nitrogens with zero attached hydrogens (tertiary/aromatic N) is 1. The first-order chi connectivity index (χ1) is 5.42. The Labute approximate surface area is 64.5 Å². The molecule has 1 N–H and O–H groups in total. The molecule has 3 heteroatoms. The van der Waals surface area contributed by atoms with Gasteiger partial charge in [-0.1, -0.05) is 0 Å². The van der Waals surface area contributed by atoms with E-state index in [9.17, 15) is 4.79 Å². The molecule has 0 saturated heterocycles. The highest BCUT2D eigenvalue weighted by molar-refractivity contribution is 5.75. The number of fused-ring (bicyclic) bond motifs is 1. The molecule has 2 heterocycles. The molecular weight excluding hydrogens is 140 g/mol. The van der Waals surface area contributed by atoms with Gasteiger partial charge in [0.15, 0.2) is 0 Å². The van der Waals surface area contributed by atoms with Gasteiger partial charge < -0.3 is 5.32 Å². The van der Waals surface area contributed by atoms with Crippen LogP contribution in [0.2, 0.25) is 0 Å². The quantitative estimate of drug-likeness (QED) is 0.614. The Morgan fingerprint density at radius 3 is 3.27 bits per heavy atom. The monoisotopic (exact) mass is 147 g/mol. The van der Waals surface area contributed by atoms with Crippen molar-refractivity contribution < 1.29 is 4.79 Å². The molecular formula is C8H7N2O. The highest BCUT2D eigenvalue weighted by atomic mass is 16.1. The van der Waals surface area contributed by atoms with E-state index in [1.165, 1.54) is 5.56 Å². The second-order valence-electron chi connectivity index (χ2n) is 2.50. The summed E-state index contributed by atoms with van der Waals surface area (Å²) in [5.41, 5.74) is 2.62. The minimum Gasteiger partial charge on any atom is -0.309 e. The Morgan fingerprint density at radius 2 is 2.45 bits per heavy atom. The first-order valence-corrected chi connectivity index (χ1v) is 3.47. The van der Waals surface area contributed by atoms with E-state index in [1.54, 1.807) is 6.20 Å². The summed E-state index contributed by atoms with van der Waals surface area (Å²) in [4.78, 5) is 14.3. The van der Waals surface area contributed by atoms with E-state index in [0.717, 1.165) is 18.7 Å². The Morgan fingerprint density at radius 1 is 1.55 bits per heavy atom. The van der Waals surface area contributed by atoms with Crippen LogP contribution in [-0.2, 0) is 17.9 Å². The average molecular weight is 147 g/mol. The molecule has 0 saturated carbocycles. The van der Waals surface area contributed by atoms with Crippen LogP contribution in [0.3, 0.4) is 0 Å². The van der Waals surface area contributed by atoms with E-state index in [2.05, 4.69) is 10.3 Å². The van der Waals surface area contributed by atoms with Crippen molar-refractivity contribution in [2.75, 3.05) is 0 Å². The van der Waals surface area contributed by atoms with Crippen LogP contribution in [0.1, 0.15) is 16.8 Å². The fourth-order valence-electron chi connectivity index (χ4n) is 1.31. The van der Waals surface area contributed by atoms with Crippen LogP contribution >= 0.6 is 0 Å². The van der Waals surface area contributed by atoms with Crippen LogP contribution in [0.5, 0.6) is 0 Å². The van der Waals surface area contributed by atoms with Crippen molar-refractivity contribution in [2.45, 2.75) is 13.1 Å². The molecule has 0 fully saturated rings. The van der Waals surface area contributed by atoms with Gasteiger partial charge in [-0.05, 0) is 11.6 Å². The molecule has 0 aliphatic carbocycles. The number of rotatable bonds is 1. The third-order valence-electron chi connectivity index (χ3n) is 1.87. The lowest BCUT2D eigenvalue weighted by Crippen LogP contribution is -2.01. The normalized spacial score (nSPS) is 14.5. The zero-order valence-electron chi connectivity index (χ0n) is 5.92. The molecule has 1 aliphatic heterocycles. The van der Waals surface area contributed by atoms with Gasteiger partial charge in [-0.15, -0.1) is 0 Å². The van der Waals surface area contributed by atoms with Gasteiger partial charge in [-0.2, -0.15) is 0 Å². The standard InChI is InChI=1S/C8H7N2O/c11-5-8-7-4-9-3-6(7)1-2-10-8/h1-2,9H,3-4H2. The Balaban J connectivity index is 2.58. The Kier molecular flexibility index (Phi) is 1.43. The maximum Gasteiger partial charge on any atom is 0.253 e. The molecule has 0 bridgehead atoms. The van der Waals surface area contributed by atoms with Gasteiger partial charge in [0, 0.05) is 24.8 Å². The van der Waals surface area contributed by atoms with Gasteiger partial charge in [-0.25, -0.2) is 0 Å².